The number of halogens is 1. The molecule has 0 saturated heterocycles. The summed E-state index contributed by atoms with van der Waals surface area (Å²) in [6, 6.07) is 5.52. The molecule has 1 heterocycles. The number of amides is 1. The molecular formula is C16H19ClN6O3S. The number of nitrogen functional groups attached to an aromatic ring is 2. The Kier molecular flexibility index (Phi) is 7.62. The molecular weight excluding hydrogens is 392 g/mol. The van der Waals surface area contributed by atoms with Crippen molar-refractivity contribution in [1.29, 1.82) is 0 Å². The molecule has 2 rings (SSSR count). The van der Waals surface area contributed by atoms with Gasteiger partial charge in [0, 0.05) is 10.6 Å². The number of nitrogens with one attached hydrogen (secondary N) is 1. The molecule has 11 heteroatoms. The normalized spacial score (nSPS) is 11.6. The Morgan fingerprint density at radius 3 is 2.41 bits per heavy atom. The van der Waals surface area contributed by atoms with Gasteiger partial charge in [-0.2, -0.15) is 26.7 Å². The lowest BCUT2D eigenvalue weighted by atomic mass is 10.1. The van der Waals surface area contributed by atoms with Gasteiger partial charge >= 0.3 is 5.97 Å². The van der Waals surface area contributed by atoms with Crippen LogP contribution in [0.1, 0.15) is 22.6 Å². The number of ether oxygens (including phenoxy) is 1. The molecule has 144 valence electrons. The molecule has 0 saturated carbocycles. The SMILES string of the molecule is CSCC[C@H](NC(=O)c1ccc(Cl)cc1)C(=O)OCc1nc(N)nc(N)n1. The van der Waals surface area contributed by atoms with Crippen molar-refractivity contribution in [2.45, 2.75) is 19.1 Å². The lowest BCUT2D eigenvalue weighted by molar-refractivity contribution is -0.147. The molecule has 9 nitrogen and oxygen atoms in total. The number of carbonyl (C=O) groups is 2. The number of hydrogen-bond donors (Lipinski definition) is 3. The molecule has 27 heavy (non-hydrogen) atoms. The minimum Gasteiger partial charge on any atom is -0.456 e. The van der Waals surface area contributed by atoms with Crippen molar-refractivity contribution in [1.82, 2.24) is 20.3 Å². The number of aromatic nitrogens is 3. The van der Waals surface area contributed by atoms with Crippen LogP contribution in [0.2, 0.25) is 5.02 Å². The molecule has 0 spiro atoms. The Morgan fingerprint density at radius 2 is 1.81 bits per heavy atom. The summed E-state index contributed by atoms with van der Waals surface area (Å²) in [5, 5.41) is 3.19. The molecule has 1 atom stereocenters. The molecule has 1 amide bonds. The quantitative estimate of drug-likeness (QED) is 0.547. The summed E-state index contributed by atoms with van der Waals surface area (Å²) < 4.78 is 5.21. The maximum absolute atomic E-state index is 12.4. The van der Waals surface area contributed by atoms with Crippen LogP contribution in [0.4, 0.5) is 11.9 Å². The van der Waals surface area contributed by atoms with Crippen LogP contribution in [0.25, 0.3) is 0 Å². The second kappa shape index (κ2) is 9.93. The van der Waals surface area contributed by atoms with Gasteiger partial charge in [-0.1, -0.05) is 11.6 Å². The van der Waals surface area contributed by atoms with Gasteiger partial charge < -0.3 is 21.5 Å². The van der Waals surface area contributed by atoms with Crippen LogP contribution in [0, 0.1) is 0 Å². The van der Waals surface area contributed by atoms with Gasteiger partial charge in [0.15, 0.2) is 12.4 Å². The Balaban J connectivity index is 2.01. The standard InChI is InChI=1S/C16H19ClN6O3S/c1-27-7-6-11(20-13(24)9-2-4-10(17)5-3-9)14(25)26-8-12-21-15(18)23-16(19)22-12/h2-5,11H,6-8H2,1H3,(H,20,24)(H4,18,19,21,22,23)/t11-/m0/s1. The van der Waals surface area contributed by atoms with E-state index in [-0.39, 0.29) is 24.3 Å². The van der Waals surface area contributed by atoms with Crippen molar-refractivity contribution < 1.29 is 14.3 Å². The molecule has 1 aromatic heterocycles. The van der Waals surface area contributed by atoms with Crippen LogP contribution < -0.4 is 16.8 Å². The third-order valence-electron chi connectivity index (χ3n) is 3.37. The maximum Gasteiger partial charge on any atom is 0.329 e. The minimum absolute atomic E-state index is 0.0662. The van der Waals surface area contributed by atoms with E-state index in [0.717, 1.165) is 0 Å². The lowest BCUT2D eigenvalue weighted by Gasteiger charge is -2.17. The van der Waals surface area contributed by atoms with Crippen molar-refractivity contribution in [3.8, 4) is 0 Å². The van der Waals surface area contributed by atoms with Crippen molar-refractivity contribution in [3.63, 3.8) is 0 Å². The first-order valence-corrected chi connectivity index (χ1v) is 9.64. The first-order chi connectivity index (χ1) is 12.9. The Morgan fingerprint density at radius 1 is 1.19 bits per heavy atom. The summed E-state index contributed by atoms with van der Waals surface area (Å²) >= 11 is 7.37. The predicted octanol–water partition coefficient (Wildman–Crippen LogP) is 1.28. The predicted molar refractivity (Wildman–Crippen MR) is 104 cm³/mol. The number of carbonyl (C=O) groups excluding carboxylic acids is 2. The van der Waals surface area contributed by atoms with Gasteiger partial charge in [-0.25, -0.2) is 4.79 Å². The molecule has 2 aromatic rings. The van der Waals surface area contributed by atoms with E-state index in [2.05, 4.69) is 20.3 Å². The third kappa shape index (κ3) is 6.57. The first-order valence-electron chi connectivity index (χ1n) is 7.87. The zero-order valence-corrected chi connectivity index (χ0v) is 16.1. The number of nitrogens with zero attached hydrogens (tertiary/aromatic N) is 3. The Bertz CT molecular complexity index is 785. The Hall–Kier alpha value is -2.59. The highest BCUT2D eigenvalue weighted by molar-refractivity contribution is 7.98. The van der Waals surface area contributed by atoms with Crippen LogP contribution in [-0.2, 0) is 16.1 Å². The molecule has 1 aromatic carbocycles. The van der Waals surface area contributed by atoms with E-state index in [1.165, 1.54) is 0 Å². The molecule has 0 fully saturated rings. The van der Waals surface area contributed by atoms with Gasteiger partial charge in [-0.05, 0) is 42.7 Å². The van der Waals surface area contributed by atoms with E-state index in [9.17, 15) is 9.59 Å². The third-order valence-corrected chi connectivity index (χ3v) is 4.26. The zero-order valence-electron chi connectivity index (χ0n) is 14.5. The molecule has 0 aliphatic heterocycles. The van der Waals surface area contributed by atoms with Crippen LogP contribution in [0.3, 0.4) is 0 Å². The molecule has 0 radical (unpaired) electrons. The van der Waals surface area contributed by atoms with Crippen molar-refractivity contribution in [2.75, 3.05) is 23.5 Å². The summed E-state index contributed by atoms with van der Waals surface area (Å²) in [6.45, 7) is -0.234. The van der Waals surface area contributed by atoms with E-state index in [1.54, 1.807) is 36.0 Å². The van der Waals surface area contributed by atoms with Crippen LogP contribution in [0.15, 0.2) is 24.3 Å². The van der Waals surface area contributed by atoms with Gasteiger partial charge in [-0.3, -0.25) is 4.79 Å². The molecule has 5 N–H and O–H groups in total. The first kappa shape index (κ1) is 20.7. The number of esters is 1. The topological polar surface area (TPSA) is 146 Å². The minimum atomic E-state index is -0.822. The van der Waals surface area contributed by atoms with E-state index >= 15 is 0 Å². The summed E-state index contributed by atoms with van der Waals surface area (Å²) in [7, 11) is 0. The Labute approximate surface area is 165 Å². The summed E-state index contributed by atoms with van der Waals surface area (Å²) in [6.07, 6.45) is 2.31. The van der Waals surface area contributed by atoms with E-state index in [4.69, 9.17) is 27.8 Å². The van der Waals surface area contributed by atoms with Gasteiger partial charge in [0.25, 0.3) is 5.91 Å². The van der Waals surface area contributed by atoms with Gasteiger partial charge in [-0.15, -0.1) is 0 Å². The molecule has 0 unspecified atom stereocenters. The highest BCUT2D eigenvalue weighted by atomic mass is 35.5. The number of benzene rings is 1. The zero-order chi connectivity index (χ0) is 19.8. The summed E-state index contributed by atoms with van der Waals surface area (Å²) in [5.41, 5.74) is 11.3. The number of hydrogen-bond acceptors (Lipinski definition) is 9. The fourth-order valence-corrected chi connectivity index (χ4v) is 2.68. The van der Waals surface area contributed by atoms with Crippen LogP contribution in [-0.4, -0.2) is 44.9 Å². The fourth-order valence-electron chi connectivity index (χ4n) is 2.09. The summed E-state index contributed by atoms with van der Waals surface area (Å²) in [4.78, 5) is 36.1. The van der Waals surface area contributed by atoms with Gasteiger partial charge in [0.1, 0.15) is 6.04 Å². The van der Waals surface area contributed by atoms with Crippen LogP contribution >= 0.6 is 23.4 Å². The number of thioether (sulfide) groups is 1. The van der Waals surface area contributed by atoms with Crippen molar-refractivity contribution >= 4 is 47.1 Å². The maximum atomic E-state index is 12.4. The van der Waals surface area contributed by atoms with Gasteiger partial charge in [0.05, 0.1) is 0 Å². The highest BCUT2D eigenvalue weighted by Gasteiger charge is 2.23. The van der Waals surface area contributed by atoms with Gasteiger partial charge in [0.2, 0.25) is 11.9 Å². The fraction of sp³-hybridized carbons (Fsp3) is 0.312. The largest absolute Gasteiger partial charge is 0.456 e. The second-order valence-corrected chi connectivity index (χ2v) is 6.81. The van der Waals surface area contributed by atoms with E-state index in [0.29, 0.717) is 22.8 Å². The monoisotopic (exact) mass is 410 g/mol. The second-order valence-electron chi connectivity index (χ2n) is 5.39. The number of rotatable bonds is 8. The molecule has 0 bridgehead atoms. The molecule has 0 aliphatic rings. The number of anilines is 2. The average Bonchev–Trinajstić information content (AvgIpc) is 2.62. The van der Waals surface area contributed by atoms with E-state index in [1.807, 2.05) is 6.26 Å². The lowest BCUT2D eigenvalue weighted by Crippen LogP contribution is -2.42. The average molecular weight is 411 g/mol. The number of nitrogens with two attached hydrogens (primary N) is 2. The van der Waals surface area contributed by atoms with E-state index < -0.39 is 17.9 Å². The van der Waals surface area contributed by atoms with Crippen molar-refractivity contribution in [2.24, 2.45) is 0 Å². The highest BCUT2D eigenvalue weighted by Crippen LogP contribution is 2.11. The van der Waals surface area contributed by atoms with Crippen LogP contribution in [0.5, 0.6) is 0 Å². The van der Waals surface area contributed by atoms with Crippen molar-refractivity contribution in [3.05, 3.63) is 40.7 Å². The summed E-state index contributed by atoms with van der Waals surface area (Å²) in [5.74, 6) is -0.355. The molecule has 0 aliphatic carbocycles. The smallest absolute Gasteiger partial charge is 0.329 e.